The number of aliphatic carboxylic acids is 1. The SMILES string of the molecule is CC(C)C1=C2[C@H]3CC[C@@H]4C5(C)CC[C@H](OC(=O)[C@H]6C[C@@H](C(=O)O)C6(C)C)[C@@]6(C)C=C[C@@]56CC[C@@]4(C)[C@]3(C)CC[C@@]2(CCNC[C@H]2CCCNC2)CC1=O. The molecular formula is C46H70N2O5. The third kappa shape index (κ3) is 4.99. The van der Waals surface area contributed by atoms with Crippen LogP contribution in [-0.4, -0.2) is 55.1 Å². The van der Waals surface area contributed by atoms with Gasteiger partial charge in [0.15, 0.2) is 5.78 Å². The fourth-order valence-corrected chi connectivity index (χ4v) is 15.5. The maximum atomic E-state index is 14.1. The highest BCUT2D eigenvalue weighted by molar-refractivity contribution is 6.00. The van der Waals surface area contributed by atoms with Crippen molar-refractivity contribution in [3.8, 4) is 0 Å². The Hall–Kier alpha value is -1.99. The van der Waals surface area contributed by atoms with Crippen LogP contribution < -0.4 is 10.6 Å². The van der Waals surface area contributed by atoms with Gasteiger partial charge in [0.1, 0.15) is 6.10 Å². The molecule has 1 heterocycles. The van der Waals surface area contributed by atoms with E-state index in [9.17, 15) is 19.5 Å². The first-order valence-corrected chi connectivity index (χ1v) is 21.7. The van der Waals surface area contributed by atoms with Gasteiger partial charge in [0.2, 0.25) is 0 Å². The zero-order chi connectivity index (χ0) is 38.0. The number of piperidine rings is 1. The van der Waals surface area contributed by atoms with Crippen LogP contribution in [0, 0.1) is 73.4 Å². The summed E-state index contributed by atoms with van der Waals surface area (Å²) in [6.07, 6.45) is 18.3. The number of allylic oxidation sites excluding steroid dienone is 3. The van der Waals surface area contributed by atoms with Gasteiger partial charge in [-0.25, -0.2) is 0 Å². The summed E-state index contributed by atoms with van der Waals surface area (Å²) in [5.74, 6) is 0.574. The summed E-state index contributed by atoms with van der Waals surface area (Å²) in [7, 11) is 0. The van der Waals surface area contributed by atoms with Crippen molar-refractivity contribution in [1.29, 1.82) is 0 Å². The Morgan fingerprint density at radius 1 is 0.925 bits per heavy atom. The van der Waals surface area contributed by atoms with E-state index in [0.29, 0.717) is 36.4 Å². The monoisotopic (exact) mass is 731 g/mol. The highest BCUT2D eigenvalue weighted by atomic mass is 16.5. The van der Waals surface area contributed by atoms with E-state index in [1.54, 1.807) is 5.57 Å². The summed E-state index contributed by atoms with van der Waals surface area (Å²) in [6.45, 7) is 23.0. The van der Waals surface area contributed by atoms with Gasteiger partial charge in [0, 0.05) is 22.7 Å². The molecule has 0 radical (unpaired) electrons. The number of fused-ring (bicyclic) bond motifs is 6. The zero-order valence-corrected chi connectivity index (χ0v) is 34.3. The predicted octanol–water partition coefficient (Wildman–Crippen LogP) is 8.53. The largest absolute Gasteiger partial charge is 0.481 e. The van der Waals surface area contributed by atoms with Gasteiger partial charge in [-0.1, -0.05) is 73.1 Å². The van der Waals surface area contributed by atoms with E-state index in [1.807, 2.05) is 13.8 Å². The lowest BCUT2D eigenvalue weighted by Gasteiger charge is -2.77. The lowest BCUT2D eigenvalue weighted by molar-refractivity contribution is -0.265. The number of carboxylic acids is 1. The zero-order valence-electron chi connectivity index (χ0n) is 34.3. The minimum absolute atomic E-state index is 0.0123. The van der Waals surface area contributed by atoms with E-state index < -0.39 is 17.3 Å². The van der Waals surface area contributed by atoms with Crippen LogP contribution in [0.15, 0.2) is 23.3 Å². The Morgan fingerprint density at radius 2 is 1.68 bits per heavy atom. The molecule has 53 heavy (non-hydrogen) atoms. The van der Waals surface area contributed by atoms with Crippen LogP contribution in [0.2, 0.25) is 0 Å². The molecule has 8 rings (SSSR count). The number of ether oxygens (including phenoxy) is 1. The van der Waals surface area contributed by atoms with Crippen LogP contribution in [0.4, 0.5) is 0 Å². The number of nitrogens with one attached hydrogen (secondary N) is 2. The summed E-state index contributed by atoms with van der Waals surface area (Å²) in [5.41, 5.74) is 2.36. The molecule has 0 bridgehead atoms. The lowest BCUT2D eigenvalue weighted by Crippen LogP contribution is -2.72. The van der Waals surface area contributed by atoms with Gasteiger partial charge in [-0.2, -0.15) is 0 Å². The second-order valence-electron chi connectivity index (χ2n) is 21.5. The number of Topliss-reactive ketones (excluding diaryl/α,β-unsaturated/α-hetero) is 1. The van der Waals surface area contributed by atoms with Crippen LogP contribution in [0.5, 0.6) is 0 Å². The lowest BCUT2D eigenvalue weighted by atomic mass is 9.27. The molecule has 7 nitrogen and oxygen atoms in total. The van der Waals surface area contributed by atoms with Gasteiger partial charge in [0.25, 0.3) is 0 Å². The van der Waals surface area contributed by atoms with Crippen LogP contribution in [-0.2, 0) is 19.1 Å². The predicted molar refractivity (Wildman–Crippen MR) is 208 cm³/mol. The van der Waals surface area contributed by atoms with Gasteiger partial charge in [0.05, 0.1) is 11.8 Å². The molecule has 3 N–H and O–H groups in total. The molecule has 8 aliphatic rings. The molecule has 1 saturated heterocycles. The smallest absolute Gasteiger partial charge is 0.309 e. The molecule has 6 fully saturated rings. The molecule has 1 aliphatic heterocycles. The Kier molecular flexibility index (Phi) is 8.94. The molecule has 7 aliphatic carbocycles. The van der Waals surface area contributed by atoms with Gasteiger partial charge < -0.3 is 20.5 Å². The number of carbonyl (C=O) groups is 3. The summed E-state index contributed by atoms with van der Waals surface area (Å²) in [4.78, 5) is 39.6. The number of carboxylic acid groups (broad SMARTS) is 1. The van der Waals surface area contributed by atoms with Crippen molar-refractivity contribution in [1.82, 2.24) is 10.6 Å². The topological polar surface area (TPSA) is 105 Å². The number of carbonyl (C=O) groups excluding carboxylic acids is 2. The molecule has 1 spiro atoms. The van der Waals surface area contributed by atoms with E-state index in [-0.39, 0.29) is 56.4 Å². The van der Waals surface area contributed by atoms with E-state index >= 15 is 0 Å². The highest BCUT2D eigenvalue weighted by Crippen LogP contribution is 2.82. The molecule has 12 atom stereocenters. The minimum atomic E-state index is -0.811. The van der Waals surface area contributed by atoms with Gasteiger partial charge in [-0.3, -0.25) is 14.4 Å². The van der Waals surface area contributed by atoms with Crippen molar-refractivity contribution in [2.45, 2.75) is 145 Å². The third-order valence-corrected chi connectivity index (χ3v) is 19.1. The van der Waals surface area contributed by atoms with Crippen molar-refractivity contribution in [2.24, 2.45) is 73.4 Å². The van der Waals surface area contributed by atoms with Crippen molar-refractivity contribution in [2.75, 3.05) is 26.2 Å². The van der Waals surface area contributed by atoms with Crippen molar-refractivity contribution < 1.29 is 24.2 Å². The average molecular weight is 731 g/mol. The molecule has 294 valence electrons. The summed E-state index contributed by atoms with van der Waals surface area (Å²) in [5, 5.41) is 17.1. The molecule has 1 unspecified atom stereocenters. The Labute approximate surface area is 319 Å². The maximum absolute atomic E-state index is 14.1. The van der Waals surface area contributed by atoms with E-state index in [0.717, 1.165) is 58.3 Å². The summed E-state index contributed by atoms with van der Waals surface area (Å²) in [6, 6.07) is 0. The van der Waals surface area contributed by atoms with Crippen molar-refractivity contribution in [3.63, 3.8) is 0 Å². The Bertz CT molecular complexity index is 1610. The van der Waals surface area contributed by atoms with E-state index in [2.05, 4.69) is 64.3 Å². The van der Waals surface area contributed by atoms with Crippen LogP contribution in [0.1, 0.15) is 139 Å². The molecule has 5 saturated carbocycles. The van der Waals surface area contributed by atoms with Gasteiger partial charge >= 0.3 is 11.9 Å². The summed E-state index contributed by atoms with van der Waals surface area (Å²) >= 11 is 0. The Balaban J connectivity index is 1.04. The van der Waals surface area contributed by atoms with Crippen molar-refractivity contribution >= 4 is 17.7 Å². The Morgan fingerprint density at radius 3 is 2.32 bits per heavy atom. The molecule has 0 aromatic rings. The van der Waals surface area contributed by atoms with Crippen molar-refractivity contribution in [3.05, 3.63) is 23.3 Å². The van der Waals surface area contributed by atoms with Gasteiger partial charge in [-0.15, -0.1) is 0 Å². The summed E-state index contributed by atoms with van der Waals surface area (Å²) < 4.78 is 6.50. The fourth-order valence-electron chi connectivity index (χ4n) is 15.5. The minimum Gasteiger partial charge on any atom is -0.481 e. The molecule has 0 aromatic heterocycles. The number of ketones is 1. The van der Waals surface area contributed by atoms with E-state index in [1.165, 1.54) is 44.1 Å². The average Bonchev–Trinajstić information content (AvgIpc) is 3.39. The molecular weight excluding hydrogens is 661 g/mol. The highest BCUT2D eigenvalue weighted by Gasteiger charge is 2.76. The maximum Gasteiger partial charge on any atom is 0.309 e. The van der Waals surface area contributed by atoms with E-state index in [4.69, 9.17) is 4.74 Å². The molecule has 0 amide bonds. The molecule has 0 aromatic carbocycles. The first kappa shape index (κ1) is 37.9. The van der Waals surface area contributed by atoms with Crippen LogP contribution in [0.25, 0.3) is 0 Å². The number of esters is 1. The first-order valence-electron chi connectivity index (χ1n) is 21.7. The standard InChI is InChI=1S/C46H70N2O5/c1-28(2)36-33(49)25-45(21-23-48-27-29-10-9-22-47-26-29)18-15-41(5)30(37(36)45)11-12-34-42(41,6)16-19-46-20-17-44(46,8)35(13-14-43(34,46)7)53-39(52)32-24-31(38(50)51)40(32,3)4/h17,20,28-32,34-35,47-48H,9-16,18-19,21-27H2,1-8H3,(H,50,51)/t29-,30+,31-,32+,34-,35-,41+,42+,43?,44+,45+,46-/m0/s1. The second kappa shape index (κ2) is 12.5. The number of hydrogen-bond donors (Lipinski definition) is 3. The number of hydrogen-bond acceptors (Lipinski definition) is 6. The fraction of sp³-hybridized carbons (Fsp3) is 0.848. The number of rotatable bonds is 9. The second-order valence-corrected chi connectivity index (χ2v) is 21.5. The van der Waals surface area contributed by atoms with Gasteiger partial charge in [-0.05, 0) is 154 Å². The first-order chi connectivity index (χ1) is 24.9. The molecule has 7 heteroatoms. The normalized spacial score (nSPS) is 48.1. The quantitative estimate of drug-likeness (QED) is 0.124. The van der Waals surface area contributed by atoms with Crippen LogP contribution in [0.3, 0.4) is 0 Å². The third-order valence-electron chi connectivity index (χ3n) is 19.1. The van der Waals surface area contributed by atoms with Crippen LogP contribution >= 0.6 is 0 Å².